The summed E-state index contributed by atoms with van der Waals surface area (Å²) in [6.07, 6.45) is -0.167. The minimum Gasteiger partial charge on any atom is -0.464 e. The van der Waals surface area contributed by atoms with Gasteiger partial charge in [0.05, 0.1) is 6.61 Å². The molecule has 1 rings (SSSR count). The predicted molar refractivity (Wildman–Crippen MR) is 75.3 cm³/mol. The molecule has 110 valence electrons. The SMILES string of the molecule is CCOC(=O)C1CC(O[Si](C)(C)C(C)(C)C)C(=O)N1. The zero-order chi connectivity index (χ0) is 14.8. The van der Waals surface area contributed by atoms with Crippen molar-refractivity contribution in [3.05, 3.63) is 0 Å². The van der Waals surface area contributed by atoms with Gasteiger partial charge in [-0.1, -0.05) is 20.8 Å². The second-order valence-electron chi connectivity index (χ2n) is 6.42. The van der Waals surface area contributed by atoms with Gasteiger partial charge in [-0.15, -0.1) is 0 Å². The fraction of sp³-hybridized carbons (Fsp3) is 0.846. The van der Waals surface area contributed by atoms with Crippen molar-refractivity contribution >= 4 is 20.2 Å². The van der Waals surface area contributed by atoms with Crippen LogP contribution >= 0.6 is 0 Å². The van der Waals surface area contributed by atoms with Crippen molar-refractivity contribution in [2.24, 2.45) is 0 Å². The second-order valence-corrected chi connectivity index (χ2v) is 11.2. The number of ether oxygens (including phenoxy) is 1. The van der Waals surface area contributed by atoms with Crippen LogP contribution in [0.2, 0.25) is 18.1 Å². The lowest BCUT2D eigenvalue weighted by atomic mass is 10.2. The van der Waals surface area contributed by atoms with Crippen molar-refractivity contribution in [1.29, 1.82) is 0 Å². The highest BCUT2D eigenvalue weighted by Gasteiger charge is 2.45. The monoisotopic (exact) mass is 287 g/mol. The number of hydrogen-bond donors (Lipinski definition) is 1. The van der Waals surface area contributed by atoms with E-state index in [4.69, 9.17) is 9.16 Å². The maximum absolute atomic E-state index is 11.9. The van der Waals surface area contributed by atoms with Gasteiger partial charge >= 0.3 is 5.97 Å². The van der Waals surface area contributed by atoms with Crippen molar-refractivity contribution in [1.82, 2.24) is 5.32 Å². The van der Waals surface area contributed by atoms with Crippen LogP contribution in [0.25, 0.3) is 0 Å². The lowest BCUT2D eigenvalue weighted by molar-refractivity contribution is -0.145. The van der Waals surface area contributed by atoms with Gasteiger partial charge in [0.2, 0.25) is 5.91 Å². The number of esters is 1. The Hall–Kier alpha value is -0.883. The third kappa shape index (κ3) is 3.79. The van der Waals surface area contributed by atoms with Gasteiger partial charge in [-0.3, -0.25) is 4.79 Å². The van der Waals surface area contributed by atoms with E-state index in [9.17, 15) is 9.59 Å². The molecule has 0 aliphatic carbocycles. The van der Waals surface area contributed by atoms with E-state index in [-0.39, 0.29) is 16.9 Å². The number of hydrogen-bond acceptors (Lipinski definition) is 4. The van der Waals surface area contributed by atoms with Gasteiger partial charge in [-0.25, -0.2) is 4.79 Å². The average Bonchev–Trinajstić information content (AvgIpc) is 2.58. The van der Waals surface area contributed by atoms with Crippen LogP contribution in [0, 0.1) is 0 Å². The molecule has 2 unspecified atom stereocenters. The Morgan fingerprint density at radius 2 is 2.00 bits per heavy atom. The summed E-state index contributed by atoms with van der Waals surface area (Å²) in [7, 11) is -2.01. The van der Waals surface area contributed by atoms with Crippen LogP contribution in [0.1, 0.15) is 34.1 Å². The Kier molecular flexibility index (Phi) is 4.79. The largest absolute Gasteiger partial charge is 0.464 e. The average molecular weight is 287 g/mol. The smallest absolute Gasteiger partial charge is 0.328 e. The van der Waals surface area contributed by atoms with E-state index in [1.54, 1.807) is 6.92 Å². The van der Waals surface area contributed by atoms with Gasteiger partial charge in [0.1, 0.15) is 12.1 Å². The summed E-state index contributed by atoms with van der Waals surface area (Å²) >= 11 is 0. The molecule has 0 aromatic rings. The molecule has 0 aromatic heterocycles. The van der Waals surface area contributed by atoms with Crippen LogP contribution in [0.5, 0.6) is 0 Å². The van der Waals surface area contributed by atoms with Crippen LogP contribution in [-0.4, -0.2) is 38.9 Å². The summed E-state index contributed by atoms with van der Waals surface area (Å²) in [5.74, 6) is -0.583. The van der Waals surface area contributed by atoms with E-state index < -0.39 is 20.5 Å². The fourth-order valence-electron chi connectivity index (χ4n) is 1.68. The van der Waals surface area contributed by atoms with Crippen LogP contribution < -0.4 is 5.32 Å². The van der Waals surface area contributed by atoms with Gasteiger partial charge < -0.3 is 14.5 Å². The lowest BCUT2D eigenvalue weighted by Crippen LogP contribution is -2.45. The van der Waals surface area contributed by atoms with Crippen molar-refractivity contribution in [3.8, 4) is 0 Å². The molecule has 6 heteroatoms. The third-order valence-corrected chi connectivity index (χ3v) is 8.36. The molecule has 1 aliphatic heterocycles. The molecular formula is C13H25NO4Si. The zero-order valence-corrected chi connectivity index (χ0v) is 13.7. The summed E-state index contributed by atoms with van der Waals surface area (Å²) in [5.41, 5.74) is 0. The first-order valence-electron chi connectivity index (χ1n) is 6.73. The van der Waals surface area contributed by atoms with E-state index in [1.165, 1.54) is 0 Å². The Morgan fingerprint density at radius 3 is 2.47 bits per heavy atom. The molecule has 5 nitrogen and oxygen atoms in total. The van der Waals surface area contributed by atoms with Gasteiger partial charge in [0.25, 0.3) is 0 Å². The molecule has 0 aromatic carbocycles. The van der Waals surface area contributed by atoms with Crippen LogP contribution in [-0.2, 0) is 18.8 Å². The quantitative estimate of drug-likeness (QED) is 0.633. The van der Waals surface area contributed by atoms with Crippen molar-refractivity contribution in [3.63, 3.8) is 0 Å². The summed E-state index contributed by atoms with van der Waals surface area (Å²) in [6.45, 7) is 12.6. The highest BCUT2D eigenvalue weighted by molar-refractivity contribution is 6.74. The normalized spacial score (nSPS) is 24.2. The number of nitrogens with one attached hydrogen (secondary N) is 1. The maximum atomic E-state index is 11.9. The van der Waals surface area contributed by atoms with Crippen LogP contribution in [0.3, 0.4) is 0 Å². The molecule has 1 aliphatic rings. The molecule has 0 spiro atoms. The molecule has 19 heavy (non-hydrogen) atoms. The minimum absolute atomic E-state index is 0.0370. The number of carbonyl (C=O) groups excluding carboxylic acids is 2. The molecule has 1 heterocycles. The van der Waals surface area contributed by atoms with Gasteiger partial charge in [0.15, 0.2) is 8.32 Å². The van der Waals surface area contributed by atoms with Gasteiger partial charge in [0, 0.05) is 6.42 Å². The summed E-state index contributed by atoms with van der Waals surface area (Å²) in [4.78, 5) is 23.5. The topological polar surface area (TPSA) is 64.6 Å². The standard InChI is InChI=1S/C13H25NO4Si/c1-7-17-12(16)9-8-10(11(15)14-9)18-19(5,6)13(2,3)4/h9-10H,7-8H2,1-6H3,(H,14,15). The first kappa shape index (κ1) is 16.2. The molecule has 1 fully saturated rings. The van der Waals surface area contributed by atoms with Crippen LogP contribution in [0.4, 0.5) is 0 Å². The summed E-state index contributed by atoms with van der Waals surface area (Å²) in [5, 5.41) is 2.68. The highest BCUT2D eigenvalue weighted by atomic mass is 28.4. The minimum atomic E-state index is -2.01. The number of rotatable bonds is 4. The Labute approximate surface area is 116 Å². The van der Waals surface area contributed by atoms with Crippen molar-refractivity contribution in [2.75, 3.05) is 6.61 Å². The molecular weight excluding hydrogens is 262 g/mol. The predicted octanol–water partition coefficient (Wildman–Crippen LogP) is 1.83. The first-order valence-corrected chi connectivity index (χ1v) is 9.64. The Balaban J connectivity index is 2.67. The van der Waals surface area contributed by atoms with E-state index >= 15 is 0 Å². The van der Waals surface area contributed by atoms with E-state index in [1.807, 2.05) is 0 Å². The zero-order valence-electron chi connectivity index (χ0n) is 12.7. The summed E-state index contributed by atoms with van der Waals surface area (Å²) in [6, 6.07) is -0.567. The molecule has 0 saturated carbocycles. The van der Waals surface area contributed by atoms with Crippen molar-refractivity contribution < 1.29 is 18.8 Å². The molecule has 1 saturated heterocycles. The third-order valence-electron chi connectivity index (χ3n) is 3.87. The van der Waals surface area contributed by atoms with Gasteiger partial charge in [-0.2, -0.15) is 0 Å². The fourth-order valence-corrected chi connectivity index (χ4v) is 2.94. The maximum Gasteiger partial charge on any atom is 0.328 e. The molecule has 1 amide bonds. The Morgan fingerprint density at radius 1 is 1.42 bits per heavy atom. The highest BCUT2D eigenvalue weighted by Crippen LogP contribution is 2.38. The van der Waals surface area contributed by atoms with E-state index in [2.05, 4.69) is 39.2 Å². The second kappa shape index (κ2) is 5.62. The molecule has 2 atom stereocenters. The Bertz CT molecular complexity index is 362. The van der Waals surface area contributed by atoms with Gasteiger partial charge in [-0.05, 0) is 25.1 Å². The molecule has 0 radical (unpaired) electrons. The lowest BCUT2D eigenvalue weighted by Gasteiger charge is -2.37. The number of amides is 1. The van der Waals surface area contributed by atoms with E-state index in [0.717, 1.165) is 0 Å². The molecule has 1 N–H and O–H groups in total. The summed E-state index contributed by atoms with van der Waals surface area (Å²) < 4.78 is 11.0. The molecule has 0 bridgehead atoms. The van der Waals surface area contributed by atoms with E-state index in [0.29, 0.717) is 13.0 Å². The first-order chi connectivity index (χ1) is 8.58. The van der Waals surface area contributed by atoms with Crippen molar-refractivity contribution in [2.45, 2.75) is 64.4 Å². The number of carbonyl (C=O) groups is 2. The van der Waals surface area contributed by atoms with Crippen LogP contribution in [0.15, 0.2) is 0 Å².